The molecule has 0 spiro atoms. The molecule has 2 aromatic heterocycles. The minimum atomic E-state index is -1.19. The lowest BCUT2D eigenvalue weighted by molar-refractivity contribution is 0.496. The number of thiophene rings is 2. The molecule has 2 heterocycles. The molecule has 0 aliphatic rings. The fraction of sp³-hybridized carbons (Fsp3) is 0.0667. The first-order valence-electron chi connectivity index (χ1n) is 6.13. The minimum absolute atomic E-state index is 0.0549. The Balaban J connectivity index is 1.98. The lowest BCUT2D eigenvalue weighted by Gasteiger charge is -2.18. The van der Waals surface area contributed by atoms with Crippen LogP contribution in [0.25, 0.3) is 0 Å². The zero-order chi connectivity index (χ0) is 14.8. The van der Waals surface area contributed by atoms with Crippen LogP contribution >= 0.6 is 22.7 Å². The van der Waals surface area contributed by atoms with Crippen LogP contribution in [0, 0.1) is 17.5 Å². The highest BCUT2D eigenvalue weighted by molar-refractivity contribution is 7.11. The predicted octanol–water partition coefficient (Wildman–Crippen LogP) is 5.43. The number of hydrogen-bond acceptors (Lipinski definition) is 3. The van der Waals surface area contributed by atoms with Crippen molar-refractivity contribution in [2.45, 2.75) is 6.04 Å². The average Bonchev–Trinajstić information content (AvgIpc) is 3.14. The predicted molar refractivity (Wildman–Crippen MR) is 80.4 cm³/mol. The standard InChI is InChI=1S/C15H10F3NS2/c16-9-7-11(18)12(8-10(9)17)19-15(13-3-1-5-20-13)14-4-2-6-21-14/h1-8,15,19H. The van der Waals surface area contributed by atoms with Crippen molar-refractivity contribution in [3.8, 4) is 0 Å². The summed E-state index contributed by atoms with van der Waals surface area (Å²) in [6.07, 6.45) is 0. The zero-order valence-corrected chi connectivity index (χ0v) is 12.3. The fourth-order valence-electron chi connectivity index (χ4n) is 1.98. The maximum Gasteiger partial charge on any atom is 0.161 e. The van der Waals surface area contributed by atoms with Crippen LogP contribution in [0.5, 0.6) is 0 Å². The highest BCUT2D eigenvalue weighted by Gasteiger charge is 2.19. The number of rotatable bonds is 4. The molecule has 0 amide bonds. The van der Waals surface area contributed by atoms with Crippen molar-refractivity contribution in [3.63, 3.8) is 0 Å². The van der Waals surface area contributed by atoms with Gasteiger partial charge in [-0.3, -0.25) is 0 Å². The van der Waals surface area contributed by atoms with Crippen molar-refractivity contribution < 1.29 is 13.2 Å². The van der Waals surface area contributed by atoms with Crippen LogP contribution in [0.1, 0.15) is 15.8 Å². The van der Waals surface area contributed by atoms with Gasteiger partial charge >= 0.3 is 0 Å². The Morgan fingerprint density at radius 1 is 0.810 bits per heavy atom. The molecule has 1 nitrogen and oxygen atoms in total. The first kappa shape index (κ1) is 14.2. The zero-order valence-electron chi connectivity index (χ0n) is 10.6. The molecule has 108 valence electrons. The summed E-state index contributed by atoms with van der Waals surface area (Å²) in [5.41, 5.74) is -0.0549. The van der Waals surface area contributed by atoms with Crippen LogP contribution in [0.15, 0.2) is 47.2 Å². The van der Waals surface area contributed by atoms with Gasteiger partial charge in [-0.15, -0.1) is 22.7 Å². The van der Waals surface area contributed by atoms with Crippen molar-refractivity contribution in [2.24, 2.45) is 0 Å². The van der Waals surface area contributed by atoms with Crippen LogP contribution in [-0.4, -0.2) is 0 Å². The Bertz CT molecular complexity index is 689. The smallest absolute Gasteiger partial charge is 0.161 e. The third-order valence-electron chi connectivity index (χ3n) is 2.97. The Morgan fingerprint density at radius 2 is 1.38 bits per heavy atom. The summed E-state index contributed by atoms with van der Waals surface area (Å²) in [6, 6.07) is 8.73. The Hall–Kier alpha value is -1.79. The molecule has 0 aliphatic carbocycles. The molecule has 1 aromatic carbocycles. The highest BCUT2D eigenvalue weighted by atomic mass is 32.1. The lowest BCUT2D eigenvalue weighted by atomic mass is 10.1. The van der Waals surface area contributed by atoms with E-state index in [-0.39, 0.29) is 11.7 Å². The van der Waals surface area contributed by atoms with E-state index in [1.54, 1.807) is 0 Å². The first-order valence-corrected chi connectivity index (χ1v) is 7.89. The first-order chi connectivity index (χ1) is 10.1. The molecule has 3 rings (SSSR count). The molecule has 1 N–H and O–H groups in total. The second-order valence-electron chi connectivity index (χ2n) is 4.35. The van der Waals surface area contributed by atoms with Gasteiger partial charge in [-0.2, -0.15) is 0 Å². The maximum atomic E-state index is 13.8. The Labute approximate surface area is 127 Å². The van der Waals surface area contributed by atoms with Crippen molar-refractivity contribution >= 4 is 28.4 Å². The molecule has 0 saturated carbocycles. The number of anilines is 1. The van der Waals surface area contributed by atoms with E-state index in [0.717, 1.165) is 15.8 Å². The van der Waals surface area contributed by atoms with E-state index in [4.69, 9.17) is 0 Å². The molecule has 0 fully saturated rings. The third-order valence-corrected chi connectivity index (χ3v) is 4.84. The van der Waals surface area contributed by atoms with E-state index in [2.05, 4.69) is 5.32 Å². The molecule has 0 aliphatic heterocycles. The Kier molecular flexibility index (Phi) is 3.98. The molecule has 21 heavy (non-hydrogen) atoms. The molecular weight excluding hydrogens is 315 g/mol. The van der Waals surface area contributed by atoms with Gasteiger partial charge in [0.25, 0.3) is 0 Å². The molecule has 0 saturated heterocycles. The SMILES string of the molecule is Fc1cc(F)c(NC(c2cccs2)c2cccs2)cc1F. The van der Waals surface area contributed by atoms with Crippen LogP contribution < -0.4 is 5.32 Å². The molecular formula is C15H10F3NS2. The van der Waals surface area contributed by atoms with Crippen molar-refractivity contribution in [1.29, 1.82) is 0 Å². The number of hydrogen-bond donors (Lipinski definition) is 1. The molecule has 0 bridgehead atoms. The van der Waals surface area contributed by atoms with E-state index in [1.807, 2.05) is 35.0 Å². The number of halogens is 3. The second kappa shape index (κ2) is 5.91. The van der Waals surface area contributed by atoms with Gasteiger partial charge in [0, 0.05) is 21.9 Å². The van der Waals surface area contributed by atoms with Crippen LogP contribution in [0.2, 0.25) is 0 Å². The van der Waals surface area contributed by atoms with E-state index in [9.17, 15) is 13.2 Å². The largest absolute Gasteiger partial charge is 0.370 e. The van der Waals surface area contributed by atoms with E-state index in [1.165, 1.54) is 22.7 Å². The fourth-order valence-corrected chi connectivity index (χ4v) is 3.64. The van der Waals surface area contributed by atoms with E-state index >= 15 is 0 Å². The van der Waals surface area contributed by atoms with Crippen molar-refractivity contribution in [2.75, 3.05) is 5.32 Å². The van der Waals surface area contributed by atoms with Crippen molar-refractivity contribution in [3.05, 3.63) is 74.4 Å². The maximum absolute atomic E-state index is 13.8. The quantitative estimate of drug-likeness (QED) is 0.631. The van der Waals surface area contributed by atoms with Gasteiger partial charge in [0.05, 0.1) is 11.7 Å². The Morgan fingerprint density at radius 3 is 1.90 bits per heavy atom. The second-order valence-corrected chi connectivity index (χ2v) is 6.31. The van der Waals surface area contributed by atoms with Gasteiger partial charge in [-0.25, -0.2) is 13.2 Å². The van der Waals surface area contributed by atoms with Gasteiger partial charge in [0.15, 0.2) is 11.6 Å². The van der Waals surface area contributed by atoms with E-state index in [0.29, 0.717) is 6.07 Å². The van der Waals surface area contributed by atoms with E-state index < -0.39 is 17.5 Å². The summed E-state index contributed by atoms with van der Waals surface area (Å²) in [6.45, 7) is 0. The van der Waals surface area contributed by atoms with Crippen LogP contribution in [0.4, 0.5) is 18.9 Å². The molecule has 3 aromatic rings. The van der Waals surface area contributed by atoms with Gasteiger partial charge in [0.1, 0.15) is 5.82 Å². The third kappa shape index (κ3) is 2.96. The molecule has 0 atom stereocenters. The monoisotopic (exact) mass is 325 g/mol. The number of benzene rings is 1. The summed E-state index contributed by atoms with van der Waals surface area (Å²) in [7, 11) is 0. The van der Waals surface area contributed by atoms with Crippen molar-refractivity contribution in [1.82, 2.24) is 0 Å². The summed E-state index contributed by atoms with van der Waals surface area (Å²) < 4.78 is 40.1. The van der Waals surface area contributed by atoms with Crippen LogP contribution in [0.3, 0.4) is 0 Å². The molecule has 6 heteroatoms. The van der Waals surface area contributed by atoms with Gasteiger partial charge in [-0.05, 0) is 22.9 Å². The lowest BCUT2D eigenvalue weighted by Crippen LogP contribution is -2.11. The summed E-state index contributed by atoms with van der Waals surface area (Å²) in [5, 5.41) is 6.79. The average molecular weight is 325 g/mol. The van der Waals surface area contributed by atoms with Gasteiger partial charge < -0.3 is 5.32 Å². The highest BCUT2D eigenvalue weighted by Crippen LogP contribution is 2.33. The molecule has 0 unspecified atom stereocenters. The summed E-state index contributed by atoms with van der Waals surface area (Å²) in [5.74, 6) is -3.08. The minimum Gasteiger partial charge on any atom is -0.370 e. The normalized spacial score (nSPS) is 11.0. The van der Waals surface area contributed by atoms with Crippen LogP contribution in [-0.2, 0) is 0 Å². The summed E-state index contributed by atoms with van der Waals surface area (Å²) in [4.78, 5) is 1.95. The van der Waals surface area contributed by atoms with Gasteiger partial charge in [-0.1, -0.05) is 12.1 Å². The summed E-state index contributed by atoms with van der Waals surface area (Å²) >= 11 is 3.03. The van der Waals surface area contributed by atoms with Gasteiger partial charge in [0.2, 0.25) is 0 Å². The molecule has 0 radical (unpaired) electrons. The number of nitrogens with one attached hydrogen (secondary N) is 1. The topological polar surface area (TPSA) is 12.0 Å².